The maximum absolute atomic E-state index is 13.3. The van der Waals surface area contributed by atoms with Crippen LogP contribution in [0, 0.1) is 12.7 Å². The number of ether oxygens (including phenoxy) is 1. The number of aryl methyl sites for hydroxylation is 1. The average molecular weight is 339 g/mol. The van der Waals surface area contributed by atoms with E-state index in [4.69, 9.17) is 4.74 Å². The minimum absolute atomic E-state index is 0.267. The summed E-state index contributed by atoms with van der Waals surface area (Å²) in [6, 6.07) is 13.4. The molecular weight excluding hydrogens is 321 g/mol. The molecule has 0 saturated heterocycles. The van der Waals surface area contributed by atoms with Crippen LogP contribution in [0.3, 0.4) is 0 Å². The summed E-state index contributed by atoms with van der Waals surface area (Å²) in [6.45, 7) is 2.33. The summed E-state index contributed by atoms with van der Waals surface area (Å²) >= 11 is 0. The van der Waals surface area contributed by atoms with E-state index in [9.17, 15) is 9.18 Å². The predicted molar refractivity (Wildman–Crippen MR) is 92.4 cm³/mol. The highest BCUT2D eigenvalue weighted by atomic mass is 19.1. The number of nitrogens with one attached hydrogen (secondary N) is 1. The molecule has 3 rings (SSSR count). The van der Waals surface area contributed by atoms with Crippen molar-refractivity contribution in [1.82, 2.24) is 15.1 Å². The Morgan fingerprint density at radius 1 is 1.24 bits per heavy atom. The van der Waals surface area contributed by atoms with Crippen LogP contribution in [0.15, 0.2) is 54.7 Å². The summed E-state index contributed by atoms with van der Waals surface area (Å²) in [5.41, 5.74) is 2.82. The Morgan fingerprint density at radius 2 is 2.08 bits per heavy atom. The smallest absolute Gasteiger partial charge is 0.272 e. The van der Waals surface area contributed by atoms with E-state index >= 15 is 0 Å². The number of aromatic nitrogens is 2. The zero-order valence-electron chi connectivity index (χ0n) is 14.0. The molecule has 0 saturated carbocycles. The summed E-state index contributed by atoms with van der Waals surface area (Å²) in [5, 5.41) is 7.02. The Hall–Kier alpha value is -3.15. The molecule has 0 aliphatic carbocycles. The Kier molecular flexibility index (Phi) is 4.79. The number of amides is 1. The minimum atomic E-state index is -0.354. The van der Waals surface area contributed by atoms with Gasteiger partial charge in [-0.15, -0.1) is 0 Å². The first kappa shape index (κ1) is 16.7. The zero-order valence-corrected chi connectivity index (χ0v) is 14.0. The molecule has 2 aromatic carbocycles. The van der Waals surface area contributed by atoms with Gasteiger partial charge in [-0.2, -0.15) is 5.10 Å². The van der Waals surface area contributed by atoms with Crippen molar-refractivity contribution in [2.75, 3.05) is 7.11 Å². The number of rotatable bonds is 5. The van der Waals surface area contributed by atoms with Gasteiger partial charge in [-0.1, -0.05) is 12.1 Å². The van der Waals surface area contributed by atoms with Crippen LogP contribution in [0.2, 0.25) is 0 Å². The molecule has 25 heavy (non-hydrogen) atoms. The first-order valence-electron chi connectivity index (χ1n) is 7.79. The second-order valence-corrected chi connectivity index (χ2v) is 5.67. The Labute approximate surface area is 145 Å². The largest absolute Gasteiger partial charge is 0.497 e. The third-order valence-electron chi connectivity index (χ3n) is 3.69. The van der Waals surface area contributed by atoms with Crippen molar-refractivity contribution in [1.29, 1.82) is 0 Å². The zero-order chi connectivity index (χ0) is 17.8. The molecule has 1 N–H and O–H groups in total. The topological polar surface area (TPSA) is 56.1 Å². The molecule has 1 aromatic heterocycles. The summed E-state index contributed by atoms with van der Waals surface area (Å²) < 4.78 is 20.0. The van der Waals surface area contributed by atoms with Crippen LogP contribution in [0.4, 0.5) is 4.39 Å². The molecular formula is C19H18FN3O2. The standard InChI is InChI=1S/C19H18FN3O2/c1-13-8-14(10-17(9-13)25-2)12-21-19(24)18-6-7-23(22-18)16-5-3-4-15(20)11-16/h3-11H,12H2,1-2H3,(H,21,24). The van der Waals surface area contributed by atoms with Gasteiger partial charge in [0.15, 0.2) is 5.69 Å². The fraction of sp³-hybridized carbons (Fsp3) is 0.158. The third-order valence-corrected chi connectivity index (χ3v) is 3.69. The van der Waals surface area contributed by atoms with E-state index in [2.05, 4.69) is 10.4 Å². The van der Waals surface area contributed by atoms with E-state index in [1.165, 1.54) is 16.8 Å². The maximum atomic E-state index is 13.3. The van der Waals surface area contributed by atoms with Crippen molar-refractivity contribution >= 4 is 5.91 Å². The fourth-order valence-electron chi connectivity index (χ4n) is 2.52. The van der Waals surface area contributed by atoms with Crippen molar-refractivity contribution in [3.63, 3.8) is 0 Å². The minimum Gasteiger partial charge on any atom is -0.497 e. The van der Waals surface area contributed by atoms with E-state index in [-0.39, 0.29) is 17.4 Å². The quantitative estimate of drug-likeness (QED) is 0.776. The SMILES string of the molecule is COc1cc(C)cc(CNC(=O)c2ccn(-c3cccc(F)c3)n2)c1. The first-order valence-corrected chi connectivity index (χ1v) is 7.79. The number of nitrogens with zero attached hydrogens (tertiary/aromatic N) is 2. The summed E-state index contributed by atoms with van der Waals surface area (Å²) in [4.78, 5) is 12.3. The van der Waals surface area contributed by atoms with Crippen molar-refractivity contribution in [3.05, 3.63) is 77.4 Å². The van der Waals surface area contributed by atoms with Crippen molar-refractivity contribution < 1.29 is 13.9 Å². The van der Waals surface area contributed by atoms with Crippen molar-refractivity contribution in [2.45, 2.75) is 13.5 Å². The predicted octanol–water partition coefficient (Wildman–Crippen LogP) is 3.26. The van der Waals surface area contributed by atoms with Crippen LogP contribution in [0.25, 0.3) is 5.69 Å². The van der Waals surface area contributed by atoms with E-state index in [1.54, 1.807) is 31.5 Å². The molecule has 0 bridgehead atoms. The number of hydrogen-bond acceptors (Lipinski definition) is 3. The Bertz CT molecular complexity index is 905. The van der Waals surface area contributed by atoms with Gasteiger partial charge in [0.1, 0.15) is 11.6 Å². The fourth-order valence-corrected chi connectivity index (χ4v) is 2.52. The van der Waals surface area contributed by atoms with Gasteiger partial charge in [0.2, 0.25) is 0 Å². The molecule has 5 nitrogen and oxygen atoms in total. The van der Waals surface area contributed by atoms with Gasteiger partial charge in [0.05, 0.1) is 12.8 Å². The maximum Gasteiger partial charge on any atom is 0.272 e. The molecule has 0 radical (unpaired) electrons. The summed E-state index contributed by atoms with van der Waals surface area (Å²) in [5.74, 6) is 0.0997. The van der Waals surface area contributed by atoms with Gasteiger partial charge in [0, 0.05) is 12.7 Å². The second kappa shape index (κ2) is 7.17. The van der Waals surface area contributed by atoms with E-state index < -0.39 is 0 Å². The van der Waals surface area contributed by atoms with Gasteiger partial charge < -0.3 is 10.1 Å². The molecule has 3 aromatic rings. The molecule has 0 atom stereocenters. The normalized spacial score (nSPS) is 10.5. The first-order chi connectivity index (χ1) is 12.0. The monoisotopic (exact) mass is 339 g/mol. The van der Waals surface area contributed by atoms with Crippen LogP contribution in [0.1, 0.15) is 21.6 Å². The second-order valence-electron chi connectivity index (χ2n) is 5.67. The lowest BCUT2D eigenvalue weighted by molar-refractivity contribution is 0.0945. The molecule has 0 unspecified atom stereocenters. The number of halogens is 1. The molecule has 1 amide bonds. The Morgan fingerprint density at radius 3 is 2.84 bits per heavy atom. The molecule has 6 heteroatoms. The lowest BCUT2D eigenvalue weighted by Crippen LogP contribution is -2.23. The third kappa shape index (κ3) is 4.03. The molecule has 0 fully saturated rings. The van der Waals surface area contributed by atoms with Crippen LogP contribution >= 0.6 is 0 Å². The lowest BCUT2D eigenvalue weighted by Gasteiger charge is -2.08. The highest BCUT2D eigenvalue weighted by molar-refractivity contribution is 5.92. The van der Waals surface area contributed by atoms with E-state index in [1.807, 2.05) is 25.1 Å². The van der Waals surface area contributed by atoms with Gasteiger partial charge in [-0.05, 0) is 54.4 Å². The number of carbonyl (C=O) groups excluding carboxylic acids is 1. The van der Waals surface area contributed by atoms with Gasteiger partial charge >= 0.3 is 0 Å². The molecule has 128 valence electrons. The molecule has 0 aliphatic heterocycles. The molecule has 0 spiro atoms. The van der Waals surface area contributed by atoms with Crippen LogP contribution < -0.4 is 10.1 Å². The van der Waals surface area contributed by atoms with Gasteiger partial charge in [-0.25, -0.2) is 9.07 Å². The Balaban J connectivity index is 1.69. The van der Waals surface area contributed by atoms with Gasteiger partial charge in [-0.3, -0.25) is 4.79 Å². The van der Waals surface area contributed by atoms with Crippen LogP contribution in [-0.4, -0.2) is 22.8 Å². The number of carbonyl (C=O) groups is 1. The highest BCUT2D eigenvalue weighted by Crippen LogP contribution is 2.16. The average Bonchev–Trinajstić information content (AvgIpc) is 3.09. The van der Waals surface area contributed by atoms with E-state index in [0.29, 0.717) is 12.2 Å². The number of benzene rings is 2. The van der Waals surface area contributed by atoms with Crippen LogP contribution in [-0.2, 0) is 6.54 Å². The van der Waals surface area contributed by atoms with Crippen molar-refractivity contribution in [3.8, 4) is 11.4 Å². The molecule has 1 heterocycles. The lowest BCUT2D eigenvalue weighted by atomic mass is 10.1. The molecule has 0 aliphatic rings. The highest BCUT2D eigenvalue weighted by Gasteiger charge is 2.10. The number of methoxy groups -OCH3 is 1. The number of hydrogen-bond donors (Lipinski definition) is 1. The van der Waals surface area contributed by atoms with E-state index in [0.717, 1.165) is 16.9 Å². The van der Waals surface area contributed by atoms with Gasteiger partial charge in [0.25, 0.3) is 5.91 Å². The van der Waals surface area contributed by atoms with Crippen molar-refractivity contribution in [2.24, 2.45) is 0 Å². The van der Waals surface area contributed by atoms with Crippen LogP contribution in [0.5, 0.6) is 5.75 Å². The summed E-state index contributed by atoms with van der Waals surface area (Å²) in [7, 11) is 1.61. The summed E-state index contributed by atoms with van der Waals surface area (Å²) in [6.07, 6.45) is 1.62.